The van der Waals surface area contributed by atoms with Crippen LogP contribution in [0.25, 0.3) is 0 Å². The van der Waals surface area contributed by atoms with E-state index in [1.54, 1.807) is 30.3 Å². The van der Waals surface area contributed by atoms with Crippen molar-refractivity contribution in [3.8, 4) is 5.75 Å². The summed E-state index contributed by atoms with van der Waals surface area (Å²) in [5.74, 6) is 0.469. The van der Waals surface area contributed by atoms with Gasteiger partial charge in [-0.05, 0) is 62.1 Å². The van der Waals surface area contributed by atoms with Gasteiger partial charge in [0.15, 0.2) is 9.84 Å². The third kappa shape index (κ3) is 5.08. The van der Waals surface area contributed by atoms with E-state index < -0.39 is 9.84 Å². The van der Waals surface area contributed by atoms with Crippen molar-refractivity contribution in [2.75, 3.05) is 18.8 Å². The Hall–Kier alpha value is -1.85. The number of benzene rings is 2. The average Bonchev–Trinajstić information content (AvgIpc) is 2.66. The number of piperidine rings is 1. The normalized spacial score (nSPS) is 18.7. The number of aromatic hydroxyl groups is 1. The largest absolute Gasteiger partial charge is 0.508 e. The highest BCUT2D eigenvalue weighted by Crippen LogP contribution is 2.23. The summed E-state index contributed by atoms with van der Waals surface area (Å²) in [6, 6.07) is 16.5. The first-order valence-electron chi connectivity index (χ1n) is 9.34. The fourth-order valence-corrected chi connectivity index (χ4v) is 4.99. The maximum atomic E-state index is 12.5. The van der Waals surface area contributed by atoms with Gasteiger partial charge >= 0.3 is 0 Å². The molecule has 1 unspecified atom stereocenters. The first-order valence-corrected chi connectivity index (χ1v) is 11.0. The molecule has 0 radical (unpaired) electrons. The van der Waals surface area contributed by atoms with Crippen LogP contribution in [0.1, 0.15) is 31.2 Å². The highest BCUT2D eigenvalue weighted by atomic mass is 32.2. The molecule has 26 heavy (non-hydrogen) atoms. The van der Waals surface area contributed by atoms with Crippen LogP contribution in [-0.4, -0.2) is 43.3 Å². The van der Waals surface area contributed by atoms with Crippen LogP contribution in [0.2, 0.25) is 0 Å². The third-order valence-corrected chi connectivity index (χ3v) is 6.89. The Kier molecular flexibility index (Phi) is 6.33. The molecule has 1 heterocycles. The maximum absolute atomic E-state index is 12.5. The van der Waals surface area contributed by atoms with Gasteiger partial charge in [-0.3, -0.25) is 4.90 Å². The number of hydrogen-bond donors (Lipinski definition) is 1. The van der Waals surface area contributed by atoms with Gasteiger partial charge in [-0.1, -0.05) is 36.8 Å². The number of phenolic OH excluding ortho intramolecular Hbond substituents is 1. The first kappa shape index (κ1) is 18.9. The highest BCUT2D eigenvalue weighted by Gasteiger charge is 2.24. The summed E-state index contributed by atoms with van der Waals surface area (Å²) in [6.45, 7) is 1.55. The lowest BCUT2D eigenvalue weighted by Crippen LogP contribution is -2.42. The lowest BCUT2D eigenvalue weighted by atomic mass is 9.96. The van der Waals surface area contributed by atoms with E-state index >= 15 is 0 Å². The number of nitrogens with zero attached hydrogens (tertiary/aromatic N) is 1. The number of rotatable bonds is 7. The Balaban J connectivity index is 1.58. The quantitative estimate of drug-likeness (QED) is 0.805. The van der Waals surface area contributed by atoms with Gasteiger partial charge < -0.3 is 5.11 Å². The molecule has 0 bridgehead atoms. The molecule has 2 aromatic rings. The molecule has 1 aliphatic rings. The van der Waals surface area contributed by atoms with Gasteiger partial charge in [0, 0.05) is 12.6 Å². The second kappa shape index (κ2) is 8.69. The number of sulfone groups is 1. The van der Waals surface area contributed by atoms with Gasteiger partial charge in [0.1, 0.15) is 5.75 Å². The summed E-state index contributed by atoms with van der Waals surface area (Å²) >= 11 is 0. The molecule has 0 aliphatic carbocycles. The zero-order chi connectivity index (χ0) is 18.4. The van der Waals surface area contributed by atoms with Crippen molar-refractivity contribution in [1.29, 1.82) is 0 Å². The molecular weight excluding hydrogens is 346 g/mol. The SMILES string of the molecule is O=S(=O)(CCN1CCCCC1CCc1cccc(O)c1)c1ccccc1. The monoisotopic (exact) mass is 373 g/mol. The lowest BCUT2D eigenvalue weighted by Gasteiger charge is -2.35. The topological polar surface area (TPSA) is 57.6 Å². The van der Waals surface area contributed by atoms with Crippen LogP contribution in [0, 0.1) is 0 Å². The molecule has 1 saturated heterocycles. The van der Waals surface area contributed by atoms with Gasteiger partial charge in [0.25, 0.3) is 0 Å². The number of aryl methyl sites for hydroxylation is 1. The molecule has 5 heteroatoms. The molecule has 1 N–H and O–H groups in total. The highest BCUT2D eigenvalue weighted by molar-refractivity contribution is 7.91. The standard InChI is InChI=1S/C21H27NO3S/c23-20-9-6-7-18(17-20)12-13-19-8-4-5-14-22(19)15-16-26(24,25)21-10-2-1-3-11-21/h1-3,6-7,9-11,17,19,23H,4-5,8,12-16H2. The molecule has 0 saturated carbocycles. The van der Waals surface area contributed by atoms with Crippen LogP contribution < -0.4 is 0 Å². The van der Waals surface area contributed by atoms with Gasteiger partial charge in [-0.15, -0.1) is 0 Å². The first-order chi connectivity index (χ1) is 12.5. The second-order valence-electron chi connectivity index (χ2n) is 7.03. The summed E-state index contributed by atoms with van der Waals surface area (Å²) < 4.78 is 25.1. The summed E-state index contributed by atoms with van der Waals surface area (Å²) in [4.78, 5) is 2.75. The van der Waals surface area contributed by atoms with Crippen LogP contribution in [0.3, 0.4) is 0 Å². The zero-order valence-corrected chi connectivity index (χ0v) is 15.9. The van der Waals surface area contributed by atoms with Gasteiger partial charge in [-0.2, -0.15) is 0 Å². The van der Waals surface area contributed by atoms with E-state index in [1.807, 2.05) is 24.3 Å². The van der Waals surface area contributed by atoms with Gasteiger partial charge in [0.05, 0.1) is 10.6 Å². The minimum atomic E-state index is -3.23. The Morgan fingerprint density at radius 2 is 1.85 bits per heavy atom. The molecule has 140 valence electrons. The smallest absolute Gasteiger partial charge is 0.179 e. The minimum absolute atomic E-state index is 0.166. The number of hydrogen-bond acceptors (Lipinski definition) is 4. The minimum Gasteiger partial charge on any atom is -0.508 e. The fourth-order valence-electron chi connectivity index (χ4n) is 3.71. The molecular formula is C21H27NO3S. The van der Waals surface area contributed by atoms with Crippen LogP contribution in [-0.2, 0) is 16.3 Å². The summed E-state index contributed by atoms with van der Waals surface area (Å²) in [5.41, 5.74) is 1.13. The van der Waals surface area contributed by atoms with Crippen LogP contribution in [0.4, 0.5) is 0 Å². The molecule has 4 nitrogen and oxygen atoms in total. The Bertz CT molecular complexity index is 805. The fraction of sp³-hybridized carbons (Fsp3) is 0.429. The predicted octanol–water partition coefficient (Wildman–Crippen LogP) is 3.65. The van der Waals surface area contributed by atoms with E-state index in [1.165, 1.54) is 6.42 Å². The average molecular weight is 374 g/mol. The molecule has 1 fully saturated rings. The summed E-state index contributed by atoms with van der Waals surface area (Å²) in [6.07, 6.45) is 5.35. The summed E-state index contributed by atoms with van der Waals surface area (Å²) in [7, 11) is -3.23. The van der Waals surface area contributed by atoms with Crippen molar-refractivity contribution in [2.45, 2.75) is 43.0 Å². The van der Waals surface area contributed by atoms with Crippen LogP contribution in [0.15, 0.2) is 59.5 Å². The molecule has 0 spiro atoms. The maximum Gasteiger partial charge on any atom is 0.179 e. The van der Waals surface area contributed by atoms with Crippen molar-refractivity contribution in [1.82, 2.24) is 4.90 Å². The van der Waals surface area contributed by atoms with Crippen molar-refractivity contribution < 1.29 is 13.5 Å². The molecule has 2 aromatic carbocycles. The van der Waals surface area contributed by atoms with E-state index in [0.29, 0.717) is 23.2 Å². The predicted molar refractivity (Wildman–Crippen MR) is 104 cm³/mol. The molecule has 1 atom stereocenters. The van der Waals surface area contributed by atoms with Crippen LogP contribution >= 0.6 is 0 Å². The summed E-state index contributed by atoms with van der Waals surface area (Å²) in [5, 5.41) is 9.61. The van der Waals surface area contributed by atoms with E-state index in [9.17, 15) is 13.5 Å². The van der Waals surface area contributed by atoms with Crippen molar-refractivity contribution >= 4 is 9.84 Å². The van der Waals surface area contributed by atoms with E-state index in [4.69, 9.17) is 0 Å². The van der Waals surface area contributed by atoms with E-state index in [2.05, 4.69) is 4.90 Å². The van der Waals surface area contributed by atoms with Gasteiger partial charge in [0.2, 0.25) is 0 Å². The Labute approximate surface area is 156 Å². The van der Waals surface area contributed by atoms with Gasteiger partial charge in [-0.25, -0.2) is 8.42 Å². The van der Waals surface area contributed by atoms with Crippen LogP contribution in [0.5, 0.6) is 5.75 Å². The van der Waals surface area contributed by atoms with E-state index in [-0.39, 0.29) is 5.75 Å². The zero-order valence-electron chi connectivity index (χ0n) is 15.0. The Morgan fingerprint density at radius 1 is 1.04 bits per heavy atom. The van der Waals surface area contributed by atoms with Crippen molar-refractivity contribution in [3.05, 3.63) is 60.2 Å². The number of phenols is 1. The molecule has 3 rings (SSSR count). The molecule has 0 amide bonds. The van der Waals surface area contributed by atoms with E-state index in [0.717, 1.165) is 37.8 Å². The third-order valence-electron chi connectivity index (χ3n) is 5.18. The number of likely N-dealkylation sites (tertiary alicyclic amines) is 1. The molecule has 0 aromatic heterocycles. The van der Waals surface area contributed by atoms with Crippen molar-refractivity contribution in [2.24, 2.45) is 0 Å². The van der Waals surface area contributed by atoms with Crippen molar-refractivity contribution in [3.63, 3.8) is 0 Å². The molecule has 1 aliphatic heterocycles. The lowest BCUT2D eigenvalue weighted by molar-refractivity contribution is 0.149. The Morgan fingerprint density at radius 3 is 2.62 bits per heavy atom. The second-order valence-corrected chi connectivity index (χ2v) is 9.14.